The SMILES string of the molecule is CC1CC(=O)NN=C1c1ccc(Cl)cc1.CC1CC(=O)NN=C1c1ccc(N)c([N+](=O)[O-])c1. The molecule has 2 atom stereocenters. The zero-order valence-corrected chi connectivity index (χ0v) is 18.8. The monoisotopic (exact) mass is 470 g/mol. The third-order valence-electron chi connectivity index (χ3n) is 5.18. The summed E-state index contributed by atoms with van der Waals surface area (Å²) in [6.07, 6.45) is 0.804. The first-order valence-corrected chi connectivity index (χ1v) is 10.6. The summed E-state index contributed by atoms with van der Waals surface area (Å²) in [5.74, 6) is -0.113. The van der Waals surface area contributed by atoms with Crippen LogP contribution in [0.2, 0.25) is 5.02 Å². The van der Waals surface area contributed by atoms with Gasteiger partial charge >= 0.3 is 0 Å². The maximum atomic E-state index is 11.1. The first-order valence-electron chi connectivity index (χ1n) is 10.2. The van der Waals surface area contributed by atoms with Crippen molar-refractivity contribution in [3.05, 3.63) is 68.7 Å². The van der Waals surface area contributed by atoms with E-state index in [1.54, 1.807) is 6.07 Å². The maximum absolute atomic E-state index is 11.1. The summed E-state index contributed by atoms with van der Waals surface area (Å²) in [5, 5.41) is 19.5. The van der Waals surface area contributed by atoms with Crippen molar-refractivity contribution in [1.29, 1.82) is 0 Å². The fraction of sp³-hybridized carbons (Fsp3) is 0.273. The van der Waals surface area contributed by atoms with E-state index in [9.17, 15) is 19.7 Å². The molecule has 2 unspecified atom stereocenters. The fourth-order valence-electron chi connectivity index (χ4n) is 3.49. The van der Waals surface area contributed by atoms with E-state index in [0.29, 0.717) is 29.1 Å². The molecule has 2 amide bonds. The van der Waals surface area contributed by atoms with Crippen LogP contribution in [0.5, 0.6) is 0 Å². The van der Waals surface area contributed by atoms with Gasteiger partial charge in [0, 0.05) is 41.3 Å². The van der Waals surface area contributed by atoms with Crippen LogP contribution in [-0.2, 0) is 9.59 Å². The summed E-state index contributed by atoms with van der Waals surface area (Å²) in [6.45, 7) is 3.84. The normalized spacial score (nSPS) is 19.8. The number of amides is 2. The van der Waals surface area contributed by atoms with Crippen LogP contribution in [0.3, 0.4) is 0 Å². The fourth-order valence-corrected chi connectivity index (χ4v) is 3.61. The molecule has 0 saturated carbocycles. The van der Waals surface area contributed by atoms with Gasteiger partial charge < -0.3 is 5.73 Å². The Morgan fingerprint density at radius 3 is 1.91 bits per heavy atom. The van der Waals surface area contributed by atoms with Crippen LogP contribution in [0.25, 0.3) is 0 Å². The largest absolute Gasteiger partial charge is 0.393 e. The van der Waals surface area contributed by atoms with Crippen LogP contribution in [0.1, 0.15) is 37.8 Å². The van der Waals surface area contributed by atoms with Crippen LogP contribution in [0.4, 0.5) is 11.4 Å². The lowest BCUT2D eigenvalue weighted by Gasteiger charge is -2.19. The lowest BCUT2D eigenvalue weighted by atomic mass is 9.94. The number of hydrazone groups is 2. The summed E-state index contributed by atoms with van der Waals surface area (Å²) in [4.78, 5) is 32.5. The molecule has 11 heteroatoms. The molecule has 0 aromatic heterocycles. The molecule has 2 aromatic rings. The second-order valence-electron chi connectivity index (χ2n) is 7.81. The average Bonchev–Trinajstić information content (AvgIpc) is 2.76. The number of nitrogens with two attached hydrogens (primary N) is 1. The Hall–Kier alpha value is -3.79. The van der Waals surface area contributed by atoms with E-state index in [4.69, 9.17) is 17.3 Å². The Morgan fingerprint density at radius 2 is 1.42 bits per heavy atom. The number of nitro benzene ring substituents is 1. The predicted molar refractivity (Wildman–Crippen MR) is 126 cm³/mol. The van der Waals surface area contributed by atoms with Crippen molar-refractivity contribution in [1.82, 2.24) is 10.9 Å². The van der Waals surface area contributed by atoms with E-state index in [-0.39, 0.29) is 35.0 Å². The number of hydrogen-bond acceptors (Lipinski definition) is 7. The van der Waals surface area contributed by atoms with Gasteiger partial charge in [0.2, 0.25) is 11.8 Å². The number of hydrogen-bond donors (Lipinski definition) is 3. The van der Waals surface area contributed by atoms with Crippen molar-refractivity contribution in [2.45, 2.75) is 26.7 Å². The number of nitrogens with one attached hydrogen (secondary N) is 2. The number of carbonyl (C=O) groups is 2. The first-order chi connectivity index (χ1) is 15.7. The molecular weight excluding hydrogens is 448 g/mol. The minimum absolute atomic E-state index is 0.0276. The molecule has 10 nitrogen and oxygen atoms in total. The second kappa shape index (κ2) is 10.2. The molecule has 2 aliphatic rings. The summed E-state index contributed by atoms with van der Waals surface area (Å²) in [5.41, 5.74) is 13.5. The van der Waals surface area contributed by atoms with Gasteiger partial charge in [-0.25, -0.2) is 10.9 Å². The van der Waals surface area contributed by atoms with Crippen molar-refractivity contribution in [3.8, 4) is 0 Å². The molecule has 4 rings (SSSR count). The van der Waals surface area contributed by atoms with Gasteiger partial charge in [-0.15, -0.1) is 0 Å². The standard InChI is InChI=1S/C11H11ClN2O.C11H12N4O3/c1-7-6-10(15)13-14-11(7)8-2-4-9(12)5-3-8;1-6-4-10(16)13-14-11(6)7-2-3-8(12)9(5-7)15(17)18/h2-5,7H,6H2,1H3,(H,13,15);2-3,5-6H,4,12H2,1H3,(H,13,16). The van der Waals surface area contributed by atoms with Gasteiger partial charge in [0.05, 0.1) is 16.3 Å². The molecule has 0 saturated heterocycles. The van der Waals surface area contributed by atoms with Gasteiger partial charge in [-0.05, 0) is 23.8 Å². The smallest absolute Gasteiger partial charge is 0.292 e. The average molecular weight is 471 g/mol. The number of anilines is 1. The van der Waals surface area contributed by atoms with Crippen molar-refractivity contribution < 1.29 is 14.5 Å². The molecular formula is C22H23ClN6O4. The van der Waals surface area contributed by atoms with Crippen molar-refractivity contribution in [2.24, 2.45) is 22.0 Å². The first kappa shape index (κ1) is 23.9. The molecule has 0 aliphatic carbocycles. The molecule has 4 N–H and O–H groups in total. The highest BCUT2D eigenvalue weighted by atomic mass is 35.5. The van der Waals surface area contributed by atoms with Crippen molar-refractivity contribution in [2.75, 3.05) is 5.73 Å². The van der Waals surface area contributed by atoms with E-state index in [2.05, 4.69) is 21.1 Å². The van der Waals surface area contributed by atoms with E-state index < -0.39 is 4.92 Å². The van der Waals surface area contributed by atoms with Crippen LogP contribution < -0.4 is 16.6 Å². The van der Waals surface area contributed by atoms with Gasteiger partial charge in [-0.2, -0.15) is 10.2 Å². The highest BCUT2D eigenvalue weighted by Crippen LogP contribution is 2.25. The van der Waals surface area contributed by atoms with Gasteiger partial charge in [-0.3, -0.25) is 19.7 Å². The molecule has 2 aliphatic heterocycles. The topological polar surface area (TPSA) is 152 Å². The van der Waals surface area contributed by atoms with Crippen molar-refractivity contribution >= 4 is 46.2 Å². The van der Waals surface area contributed by atoms with E-state index >= 15 is 0 Å². The van der Waals surface area contributed by atoms with Crippen molar-refractivity contribution in [3.63, 3.8) is 0 Å². The second-order valence-corrected chi connectivity index (χ2v) is 8.25. The molecule has 0 radical (unpaired) electrons. The number of carbonyl (C=O) groups excluding carboxylic acids is 2. The lowest BCUT2D eigenvalue weighted by Crippen LogP contribution is -2.32. The van der Waals surface area contributed by atoms with E-state index in [1.165, 1.54) is 12.1 Å². The molecule has 2 heterocycles. The quantitative estimate of drug-likeness (QED) is 0.357. The lowest BCUT2D eigenvalue weighted by molar-refractivity contribution is -0.383. The number of nitrogens with zero attached hydrogens (tertiary/aromatic N) is 3. The van der Waals surface area contributed by atoms with Crippen LogP contribution in [0.15, 0.2) is 52.7 Å². The van der Waals surface area contributed by atoms with Gasteiger partial charge in [0.1, 0.15) is 5.69 Å². The number of nitro groups is 1. The number of benzene rings is 2. The molecule has 0 bridgehead atoms. The molecule has 172 valence electrons. The highest BCUT2D eigenvalue weighted by Gasteiger charge is 2.24. The Labute approximate surface area is 195 Å². The zero-order valence-electron chi connectivity index (χ0n) is 18.0. The molecule has 0 fully saturated rings. The van der Waals surface area contributed by atoms with Crippen LogP contribution >= 0.6 is 11.6 Å². The van der Waals surface area contributed by atoms with Gasteiger partial charge in [0.15, 0.2) is 0 Å². The maximum Gasteiger partial charge on any atom is 0.292 e. The number of halogens is 1. The zero-order chi connectivity index (χ0) is 24.1. The van der Waals surface area contributed by atoms with Crippen LogP contribution in [-0.4, -0.2) is 28.2 Å². The van der Waals surface area contributed by atoms with Crippen LogP contribution in [0, 0.1) is 22.0 Å². The third kappa shape index (κ3) is 5.92. The summed E-state index contributed by atoms with van der Waals surface area (Å²) in [6, 6.07) is 12.0. The number of nitrogen functional groups attached to an aromatic ring is 1. The minimum Gasteiger partial charge on any atom is -0.393 e. The summed E-state index contributed by atoms with van der Waals surface area (Å²) in [7, 11) is 0. The Balaban J connectivity index is 0.000000189. The Bertz CT molecular complexity index is 1150. The van der Waals surface area contributed by atoms with E-state index in [1.807, 2.05) is 38.1 Å². The van der Waals surface area contributed by atoms with Gasteiger partial charge in [-0.1, -0.05) is 43.6 Å². The summed E-state index contributed by atoms with van der Waals surface area (Å²) >= 11 is 5.80. The summed E-state index contributed by atoms with van der Waals surface area (Å²) < 4.78 is 0. The predicted octanol–water partition coefficient (Wildman–Crippen LogP) is 3.24. The Kier molecular flexibility index (Phi) is 7.39. The third-order valence-corrected chi connectivity index (χ3v) is 5.43. The minimum atomic E-state index is -0.536. The highest BCUT2D eigenvalue weighted by molar-refractivity contribution is 6.30. The van der Waals surface area contributed by atoms with E-state index in [0.717, 1.165) is 11.3 Å². The van der Waals surface area contributed by atoms with Gasteiger partial charge in [0.25, 0.3) is 5.69 Å². The molecule has 33 heavy (non-hydrogen) atoms. The Morgan fingerprint density at radius 1 is 0.939 bits per heavy atom. The number of rotatable bonds is 3. The molecule has 0 spiro atoms. The molecule has 2 aromatic carbocycles.